The lowest BCUT2D eigenvalue weighted by molar-refractivity contribution is 0.0403. The van der Waals surface area contributed by atoms with Crippen LogP contribution in [0.15, 0.2) is 24.4 Å². The lowest BCUT2D eigenvalue weighted by Gasteiger charge is -2.21. The highest BCUT2D eigenvalue weighted by atomic mass is 16.5. The first-order valence-corrected chi connectivity index (χ1v) is 8.94. The Morgan fingerprint density at radius 2 is 2.12 bits per heavy atom. The van der Waals surface area contributed by atoms with Crippen molar-refractivity contribution in [3.63, 3.8) is 0 Å². The highest BCUT2D eigenvalue weighted by Gasteiger charge is 2.40. The van der Waals surface area contributed by atoms with Gasteiger partial charge in [-0.25, -0.2) is 4.68 Å². The fraction of sp³-hybridized carbons (Fsp3) is 0.579. The molecule has 6 heteroatoms. The molecule has 1 aliphatic rings. The Kier molecular flexibility index (Phi) is 5.11. The molecule has 1 N–H and O–H groups in total. The van der Waals surface area contributed by atoms with Crippen LogP contribution in [-0.4, -0.2) is 51.2 Å². The minimum Gasteiger partial charge on any atom is -0.492 e. The topological polar surface area (TPSA) is 63.4 Å². The Morgan fingerprint density at radius 1 is 1.32 bits per heavy atom. The number of aryl methyl sites for hydroxylation is 2. The lowest BCUT2D eigenvalue weighted by Crippen LogP contribution is -2.33. The summed E-state index contributed by atoms with van der Waals surface area (Å²) >= 11 is 0. The third-order valence-corrected chi connectivity index (χ3v) is 4.85. The molecular weight excluding hydrogens is 316 g/mol. The van der Waals surface area contributed by atoms with E-state index in [0.29, 0.717) is 25.3 Å². The maximum atomic E-state index is 10.9. The van der Waals surface area contributed by atoms with Crippen molar-refractivity contribution in [2.45, 2.75) is 45.8 Å². The molecule has 2 heterocycles. The summed E-state index contributed by atoms with van der Waals surface area (Å²) in [7, 11) is 0. The molecule has 0 spiro atoms. The molecule has 25 heavy (non-hydrogen) atoms. The predicted octanol–water partition coefficient (Wildman–Crippen LogP) is 2.45. The molecule has 1 atom stereocenters. The van der Waals surface area contributed by atoms with E-state index in [1.807, 2.05) is 20.0 Å². The van der Waals surface area contributed by atoms with Gasteiger partial charge in [-0.05, 0) is 51.3 Å². The summed E-state index contributed by atoms with van der Waals surface area (Å²) in [6.45, 7) is 11.0. The van der Waals surface area contributed by atoms with Gasteiger partial charge in [0.25, 0.3) is 0 Å². The average Bonchev–Trinajstić information content (AvgIpc) is 3.19. The molecule has 1 aromatic heterocycles. The Hall–Kier alpha value is -1.92. The van der Waals surface area contributed by atoms with Gasteiger partial charge in [0.05, 0.1) is 6.20 Å². The number of aliphatic hydroxyl groups is 1. The predicted molar refractivity (Wildman–Crippen MR) is 96.8 cm³/mol. The zero-order valence-corrected chi connectivity index (χ0v) is 15.6. The molecule has 1 aromatic carbocycles. The van der Waals surface area contributed by atoms with Crippen molar-refractivity contribution in [1.29, 1.82) is 0 Å². The van der Waals surface area contributed by atoms with Gasteiger partial charge in [-0.2, -0.15) is 0 Å². The second-order valence-corrected chi connectivity index (χ2v) is 7.35. The van der Waals surface area contributed by atoms with Gasteiger partial charge in [0.15, 0.2) is 0 Å². The molecule has 6 nitrogen and oxygen atoms in total. The minimum absolute atomic E-state index is 0.244. The molecule has 1 saturated heterocycles. The minimum atomic E-state index is -0.910. The SMILES string of the molecule is Cc1ccc(C)c(OCCN2CC[C@](O)(c3cn(C(C)C)nn3)C2)c1. The van der Waals surface area contributed by atoms with E-state index >= 15 is 0 Å². The number of hydrogen-bond acceptors (Lipinski definition) is 5. The van der Waals surface area contributed by atoms with Crippen LogP contribution in [0.2, 0.25) is 0 Å². The molecule has 0 radical (unpaired) electrons. The van der Waals surface area contributed by atoms with Crippen molar-refractivity contribution in [3.05, 3.63) is 41.2 Å². The first kappa shape index (κ1) is 17.9. The number of ether oxygens (including phenoxy) is 1. The fourth-order valence-corrected chi connectivity index (χ4v) is 3.16. The van der Waals surface area contributed by atoms with Gasteiger partial charge in [0.2, 0.25) is 0 Å². The highest BCUT2D eigenvalue weighted by molar-refractivity contribution is 5.35. The molecular formula is C19H28N4O2. The summed E-state index contributed by atoms with van der Waals surface area (Å²) in [5.41, 5.74) is 2.10. The zero-order valence-electron chi connectivity index (χ0n) is 15.6. The number of nitrogens with zero attached hydrogens (tertiary/aromatic N) is 4. The normalized spacial score (nSPS) is 21.2. The molecule has 3 rings (SSSR count). The quantitative estimate of drug-likeness (QED) is 0.872. The van der Waals surface area contributed by atoms with Crippen molar-refractivity contribution < 1.29 is 9.84 Å². The summed E-state index contributed by atoms with van der Waals surface area (Å²) in [6.07, 6.45) is 2.54. The molecule has 1 aliphatic heterocycles. The van der Waals surface area contributed by atoms with Gasteiger partial charge < -0.3 is 9.84 Å². The molecule has 1 fully saturated rings. The molecule has 2 aromatic rings. The van der Waals surface area contributed by atoms with E-state index < -0.39 is 5.60 Å². The Bertz CT molecular complexity index is 728. The van der Waals surface area contributed by atoms with Gasteiger partial charge in [0, 0.05) is 25.7 Å². The standard InChI is InChI=1S/C19H28N4O2/c1-14(2)23-12-18(20-21-23)19(24)7-8-22(13-19)9-10-25-17-11-15(3)5-6-16(17)4/h5-6,11-12,14,24H,7-10,13H2,1-4H3/t19-/m1/s1. The summed E-state index contributed by atoms with van der Waals surface area (Å²) in [5, 5.41) is 19.2. The van der Waals surface area contributed by atoms with Crippen LogP contribution in [-0.2, 0) is 5.60 Å². The number of benzene rings is 1. The van der Waals surface area contributed by atoms with Crippen molar-refractivity contribution in [3.8, 4) is 5.75 Å². The van der Waals surface area contributed by atoms with Gasteiger partial charge in [0.1, 0.15) is 23.7 Å². The Labute approximate surface area is 149 Å². The van der Waals surface area contributed by atoms with E-state index in [1.165, 1.54) is 5.56 Å². The smallest absolute Gasteiger partial charge is 0.124 e. The average molecular weight is 344 g/mol. The first-order valence-electron chi connectivity index (χ1n) is 8.94. The summed E-state index contributed by atoms with van der Waals surface area (Å²) in [5.74, 6) is 0.939. The number of likely N-dealkylation sites (tertiary alicyclic amines) is 1. The van der Waals surface area contributed by atoms with Crippen LogP contribution >= 0.6 is 0 Å². The Morgan fingerprint density at radius 3 is 2.84 bits per heavy atom. The van der Waals surface area contributed by atoms with Crippen LogP contribution < -0.4 is 4.74 Å². The fourth-order valence-electron chi connectivity index (χ4n) is 3.16. The first-order chi connectivity index (χ1) is 11.9. The van der Waals surface area contributed by atoms with Crippen LogP contribution in [0.3, 0.4) is 0 Å². The van der Waals surface area contributed by atoms with Crippen molar-refractivity contribution in [2.24, 2.45) is 0 Å². The summed E-state index contributed by atoms with van der Waals surface area (Å²) in [4.78, 5) is 2.22. The van der Waals surface area contributed by atoms with Crippen LogP contribution in [0.25, 0.3) is 0 Å². The largest absolute Gasteiger partial charge is 0.492 e. The zero-order chi connectivity index (χ0) is 18.0. The van der Waals surface area contributed by atoms with Crippen molar-refractivity contribution >= 4 is 0 Å². The second kappa shape index (κ2) is 7.14. The van der Waals surface area contributed by atoms with Gasteiger partial charge >= 0.3 is 0 Å². The number of hydrogen-bond donors (Lipinski definition) is 1. The van der Waals surface area contributed by atoms with Gasteiger partial charge in [-0.1, -0.05) is 17.3 Å². The molecule has 136 valence electrons. The summed E-state index contributed by atoms with van der Waals surface area (Å²) in [6, 6.07) is 6.48. The molecule has 0 aliphatic carbocycles. The third-order valence-electron chi connectivity index (χ3n) is 4.85. The van der Waals surface area contributed by atoms with Crippen LogP contribution in [0, 0.1) is 13.8 Å². The number of aromatic nitrogens is 3. The van der Waals surface area contributed by atoms with Crippen molar-refractivity contribution in [2.75, 3.05) is 26.2 Å². The highest BCUT2D eigenvalue weighted by Crippen LogP contribution is 2.30. The van der Waals surface area contributed by atoms with E-state index in [2.05, 4.69) is 47.3 Å². The van der Waals surface area contributed by atoms with E-state index in [1.54, 1.807) is 4.68 Å². The van der Waals surface area contributed by atoms with Gasteiger partial charge in [-0.15, -0.1) is 5.10 Å². The monoisotopic (exact) mass is 344 g/mol. The maximum Gasteiger partial charge on any atom is 0.124 e. The number of rotatable bonds is 6. The van der Waals surface area contributed by atoms with E-state index in [4.69, 9.17) is 4.74 Å². The Balaban J connectivity index is 1.54. The second-order valence-electron chi connectivity index (χ2n) is 7.35. The molecule has 0 bridgehead atoms. The van der Waals surface area contributed by atoms with Crippen molar-refractivity contribution in [1.82, 2.24) is 19.9 Å². The van der Waals surface area contributed by atoms with Crippen LogP contribution in [0.4, 0.5) is 0 Å². The summed E-state index contributed by atoms with van der Waals surface area (Å²) < 4.78 is 7.72. The van der Waals surface area contributed by atoms with Gasteiger partial charge in [-0.3, -0.25) is 4.90 Å². The lowest BCUT2D eigenvalue weighted by atomic mass is 10.00. The molecule has 0 amide bonds. The maximum absolute atomic E-state index is 10.9. The van der Waals surface area contributed by atoms with E-state index in [0.717, 1.165) is 24.4 Å². The number of β-amino-alcohol motifs (C(OH)–C–C–N with tert-alkyl or cyclic N) is 1. The van der Waals surface area contributed by atoms with E-state index in [-0.39, 0.29) is 6.04 Å². The molecule has 0 saturated carbocycles. The molecule has 0 unspecified atom stereocenters. The third kappa shape index (κ3) is 4.02. The van der Waals surface area contributed by atoms with Crippen LogP contribution in [0.5, 0.6) is 5.75 Å². The van der Waals surface area contributed by atoms with Crippen LogP contribution in [0.1, 0.15) is 43.1 Å². The van der Waals surface area contributed by atoms with E-state index in [9.17, 15) is 5.11 Å².